The van der Waals surface area contributed by atoms with Crippen molar-refractivity contribution in [3.05, 3.63) is 42.4 Å². The summed E-state index contributed by atoms with van der Waals surface area (Å²) in [7, 11) is -3.25. The van der Waals surface area contributed by atoms with Crippen LogP contribution in [0.5, 0.6) is 5.75 Å². The summed E-state index contributed by atoms with van der Waals surface area (Å²) in [5, 5.41) is 0. The van der Waals surface area contributed by atoms with E-state index in [0.29, 0.717) is 17.3 Å². The Balaban J connectivity index is 2.07. The molecule has 2 rings (SSSR count). The third kappa shape index (κ3) is 3.65. The first-order chi connectivity index (χ1) is 9.49. The molecule has 0 aliphatic carbocycles. The van der Waals surface area contributed by atoms with Gasteiger partial charge in [-0.15, -0.1) is 0 Å². The van der Waals surface area contributed by atoms with Crippen LogP contribution in [0.1, 0.15) is 5.69 Å². The molecular weight excluding hydrogens is 280 g/mol. The van der Waals surface area contributed by atoms with Gasteiger partial charge in [0.15, 0.2) is 15.7 Å². The molecule has 0 unspecified atom stereocenters. The standard InChI is InChI=1S/C12H14N4O3S/c1-20(17,18)11-4-2-3-10(5-11)19-8-9-6-15-12(16-13)7-14-9/h2-7H,8,13H2,1H3,(H,15,16). The third-order valence-electron chi connectivity index (χ3n) is 2.47. The molecule has 1 heterocycles. The smallest absolute Gasteiger partial charge is 0.175 e. The summed E-state index contributed by atoms with van der Waals surface area (Å²) in [5.74, 6) is 6.09. The predicted octanol–water partition coefficient (Wildman–Crippen LogP) is 0.745. The van der Waals surface area contributed by atoms with E-state index in [4.69, 9.17) is 10.6 Å². The van der Waals surface area contributed by atoms with E-state index >= 15 is 0 Å². The Hall–Kier alpha value is -2.19. The second-order valence-electron chi connectivity index (χ2n) is 4.07. The molecule has 0 aliphatic rings. The molecule has 106 valence electrons. The first kappa shape index (κ1) is 14.2. The summed E-state index contributed by atoms with van der Waals surface area (Å²) in [6.45, 7) is 0.186. The maximum atomic E-state index is 11.4. The number of benzene rings is 1. The highest BCUT2D eigenvalue weighted by atomic mass is 32.2. The number of anilines is 1. The van der Waals surface area contributed by atoms with E-state index in [-0.39, 0.29) is 11.5 Å². The highest BCUT2D eigenvalue weighted by Crippen LogP contribution is 2.18. The molecule has 0 spiro atoms. The van der Waals surface area contributed by atoms with Gasteiger partial charge in [0.2, 0.25) is 0 Å². The van der Waals surface area contributed by atoms with Crippen molar-refractivity contribution in [2.75, 3.05) is 11.7 Å². The minimum atomic E-state index is -3.25. The van der Waals surface area contributed by atoms with E-state index in [0.717, 1.165) is 6.26 Å². The minimum Gasteiger partial charge on any atom is -0.487 e. The zero-order valence-corrected chi connectivity index (χ0v) is 11.6. The highest BCUT2D eigenvalue weighted by Gasteiger charge is 2.08. The molecule has 0 aliphatic heterocycles. The van der Waals surface area contributed by atoms with Gasteiger partial charge in [-0.25, -0.2) is 19.2 Å². The van der Waals surface area contributed by atoms with E-state index < -0.39 is 9.84 Å². The number of ether oxygens (including phenoxy) is 1. The van der Waals surface area contributed by atoms with Crippen LogP contribution in [0.3, 0.4) is 0 Å². The van der Waals surface area contributed by atoms with Crippen LogP contribution in [0.4, 0.5) is 5.82 Å². The number of rotatable bonds is 5. The molecule has 0 fully saturated rings. The molecule has 1 aromatic heterocycles. The van der Waals surface area contributed by atoms with Crippen LogP contribution in [0.15, 0.2) is 41.6 Å². The van der Waals surface area contributed by atoms with Crippen molar-refractivity contribution in [3.63, 3.8) is 0 Å². The van der Waals surface area contributed by atoms with Gasteiger partial charge in [-0.05, 0) is 18.2 Å². The maximum absolute atomic E-state index is 11.4. The van der Waals surface area contributed by atoms with Crippen molar-refractivity contribution >= 4 is 15.7 Å². The fraction of sp³-hybridized carbons (Fsp3) is 0.167. The van der Waals surface area contributed by atoms with Gasteiger partial charge in [0.05, 0.1) is 23.0 Å². The van der Waals surface area contributed by atoms with Crippen LogP contribution in [0.25, 0.3) is 0 Å². The van der Waals surface area contributed by atoms with E-state index in [1.807, 2.05) is 0 Å². The summed E-state index contributed by atoms with van der Waals surface area (Å²) < 4.78 is 28.3. The van der Waals surface area contributed by atoms with Crippen molar-refractivity contribution in [2.45, 2.75) is 11.5 Å². The van der Waals surface area contributed by atoms with Gasteiger partial charge in [-0.2, -0.15) is 0 Å². The molecule has 1 aromatic carbocycles. The van der Waals surface area contributed by atoms with Crippen LogP contribution < -0.4 is 16.0 Å². The molecule has 8 heteroatoms. The quantitative estimate of drug-likeness (QED) is 0.618. The molecule has 0 saturated heterocycles. The molecule has 0 atom stereocenters. The first-order valence-corrected chi connectivity index (χ1v) is 7.58. The van der Waals surface area contributed by atoms with Crippen molar-refractivity contribution < 1.29 is 13.2 Å². The second-order valence-corrected chi connectivity index (χ2v) is 6.09. The lowest BCUT2D eigenvalue weighted by molar-refractivity contribution is 0.300. The van der Waals surface area contributed by atoms with Gasteiger partial charge in [0.25, 0.3) is 0 Å². The Kier molecular flexibility index (Phi) is 4.16. The summed E-state index contributed by atoms with van der Waals surface area (Å²) in [6, 6.07) is 6.29. The molecule has 20 heavy (non-hydrogen) atoms. The first-order valence-electron chi connectivity index (χ1n) is 5.69. The monoisotopic (exact) mass is 294 g/mol. The van der Waals surface area contributed by atoms with E-state index in [9.17, 15) is 8.42 Å². The van der Waals surface area contributed by atoms with Gasteiger partial charge < -0.3 is 10.2 Å². The lowest BCUT2D eigenvalue weighted by Gasteiger charge is -2.07. The van der Waals surface area contributed by atoms with Crippen molar-refractivity contribution in [1.82, 2.24) is 9.97 Å². The summed E-state index contributed by atoms with van der Waals surface area (Å²) in [5.41, 5.74) is 2.98. The van der Waals surface area contributed by atoms with Crippen molar-refractivity contribution in [3.8, 4) is 5.75 Å². The summed E-state index contributed by atoms with van der Waals surface area (Å²) >= 11 is 0. The maximum Gasteiger partial charge on any atom is 0.175 e. The average Bonchev–Trinajstić information content (AvgIpc) is 2.45. The summed E-state index contributed by atoms with van der Waals surface area (Å²) in [6.07, 6.45) is 4.15. The second kappa shape index (κ2) is 5.85. The van der Waals surface area contributed by atoms with Crippen LogP contribution in [0.2, 0.25) is 0 Å². The predicted molar refractivity (Wildman–Crippen MR) is 73.7 cm³/mol. The molecule has 0 radical (unpaired) electrons. The molecule has 7 nitrogen and oxygen atoms in total. The number of hydrazine groups is 1. The number of nitrogens with one attached hydrogen (secondary N) is 1. The Labute approximate surface area is 116 Å². The zero-order chi connectivity index (χ0) is 14.6. The van der Waals surface area contributed by atoms with Crippen molar-refractivity contribution in [2.24, 2.45) is 5.84 Å². The zero-order valence-electron chi connectivity index (χ0n) is 10.8. The molecule has 0 bridgehead atoms. The molecule has 0 saturated carbocycles. The summed E-state index contributed by atoms with van der Waals surface area (Å²) in [4.78, 5) is 8.29. The number of nitrogens with zero attached hydrogens (tertiary/aromatic N) is 2. The Bertz CT molecular complexity index is 686. The number of aromatic nitrogens is 2. The van der Waals surface area contributed by atoms with Gasteiger partial charge in [-0.1, -0.05) is 6.07 Å². The topological polar surface area (TPSA) is 107 Å². The highest BCUT2D eigenvalue weighted by molar-refractivity contribution is 7.90. The van der Waals surface area contributed by atoms with Crippen LogP contribution in [-0.2, 0) is 16.4 Å². The number of nitrogens with two attached hydrogens (primary N) is 1. The van der Waals surface area contributed by atoms with Gasteiger partial charge in [-0.3, -0.25) is 4.98 Å². The van der Waals surface area contributed by atoms with E-state index in [2.05, 4.69) is 15.4 Å². The lowest BCUT2D eigenvalue weighted by Crippen LogP contribution is -2.09. The van der Waals surface area contributed by atoms with Gasteiger partial charge in [0, 0.05) is 6.26 Å². The van der Waals surface area contributed by atoms with Gasteiger partial charge >= 0.3 is 0 Å². The largest absolute Gasteiger partial charge is 0.487 e. The van der Waals surface area contributed by atoms with Crippen molar-refractivity contribution in [1.29, 1.82) is 0 Å². The van der Waals surface area contributed by atoms with Crippen LogP contribution in [-0.4, -0.2) is 24.6 Å². The van der Waals surface area contributed by atoms with Crippen LogP contribution in [0, 0.1) is 0 Å². The molecular formula is C12H14N4O3S. The lowest BCUT2D eigenvalue weighted by atomic mass is 10.3. The number of hydrogen-bond acceptors (Lipinski definition) is 7. The Morgan fingerprint density at radius 2 is 2.10 bits per heavy atom. The molecule has 0 amide bonds. The van der Waals surface area contributed by atoms with E-state index in [1.54, 1.807) is 12.1 Å². The Morgan fingerprint density at radius 1 is 1.30 bits per heavy atom. The fourth-order valence-corrected chi connectivity index (χ4v) is 2.11. The average molecular weight is 294 g/mol. The Morgan fingerprint density at radius 3 is 2.70 bits per heavy atom. The fourth-order valence-electron chi connectivity index (χ4n) is 1.46. The van der Waals surface area contributed by atoms with Gasteiger partial charge in [0.1, 0.15) is 12.4 Å². The number of nitrogen functional groups attached to an aromatic ring is 1. The molecule has 2 aromatic rings. The number of hydrogen-bond donors (Lipinski definition) is 2. The number of sulfone groups is 1. The SMILES string of the molecule is CS(=O)(=O)c1cccc(OCc2cnc(NN)cn2)c1. The van der Waals surface area contributed by atoms with Crippen LogP contribution >= 0.6 is 0 Å². The molecule has 3 N–H and O–H groups in total. The van der Waals surface area contributed by atoms with E-state index in [1.165, 1.54) is 24.5 Å². The minimum absolute atomic E-state index is 0.186. The normalized spacial score (nSPS) is 11.1. The third-order valence-corrected chi connectivity index (χ3v) is 3.58.